The fourth-order valence-electron chi connectivity index (χ4n) is 10.0. The summed E-state index contributed by atoms with van der Waals surface area (Å²) >= 11 is 0. The first-order chi connectivity index (χ1) is 34.7. The van der Waals surface area contributed by atoms with Crippen LogP contribution in [-0.4, -0.2) is 0 Å². The molecule has 0 atom stereocenters. The molecular weight excluding hydrogens is 845 g/mol. The van der Waals surface area contributed by atoms with E-state index in [4.69, 9.17) is 0 Å². The molecule has 0 N–H and O–H groups in total. The van der Waals surface area contributed by atoms with E-state index in [9.17, 15) is 0 Å². The summed E-state index contributed by atoms with van der Waals surface area (Å²) in [4.78, 5) is 4.96. The third-order valence-electron chi connectivity index (χ3n) is 13.5. The van der Waals surface area contributed by atoms with Crippen molar-refractivity contribution in [2.45, 2.75) is 0 Å². The molecule has 12 aromatic carbocycles. The Balaban J connectivity index is 1.19. The van der Waals surface area contributed by atoms with Crippen LogP contribution in [-0.2, 0) is 0 Å². The standard InChI is InChI=1S/C68H48N2/c1-6-20-49(21-7-1)52-34-40-58(41-35-52)69(59-42-36-53(37-43-59)50-22-8-2-9-23-50)67-47-64(55-26-12-4-13-27-55)65(56-28-14-5-15-29-56)48-68(67)70(60-44-38-54(39-45-60)51-24-10-3-11-25-51)66-46-57-30-16-17-31-61(57)62-32-18-19-33-63(62)66/h1-48H. The van der Waals surface area contributed by atoms with Crippen LogP contribution in [0.2, 0.25) is 0 Å². The molecule has 0 amide bonds. The summed E-state index contributed by atoms with van der Waals surface area (Å²) in [5.41, 5.74) is 17.9. The van der Waals surface area contributed by atoms with Crippen LogP contribution < -0.4 is 9.80 Å². The van der Waals surface area contributed by atoms with Crippen LogP contribution in [0.3, 0.4) is 0 Å². The summed E-state index contributed by atoms with van der Waals surface area (Å²) in [6.45, 7) is 0. The number of hydrogen-bond donors (Lipinski definition) is 0. The third-order valence-corrected chi connectivity index (χ3v) is 13.5. The summed E-state index contributed by atoms with van der Waals surface area (Å²) in [5.74, 6) is 0. The smallest absolute Gasteiger partial charge is 0.0709 e. The average molecular weight is 893 g/mol. The second-order valence-electron chi connectivity index (χ2n) is 17.7. The summed E-state index contributed by atoms with van der Waals surface area (Å²) in [5, 5.41) is 4.78. The van der Waals surface area contributed by atoms with Gasteiger partial charge in [0.25, 0.3) is 0 Å². The van der Waals surface area contributed by atoms with Crippen molar-refractivity contribution in [2.24, 2.45) is 0 Å². The van der Waals surface area contributed by atoms with Gasteiger partial charge >= 0.3 is 0 Å². The van der Waals surface area contributed by atoms with Crippen LogP contribution in [0.4, 0.5) is 34.1 Å². The predicted octanol–water partition coefficient (Wildman–Crippen LogP) is 19.3. The Kier molecular flexibility index (Phi) is 11.3. The van der Waals surface area contributed by atoms with E-state index in [1.807, 2.05) is 0 Å². The molecule has 0 aliphatic heterocycles. The molecule has 12 rings (SSSR count). The quantitative estimate of drug-likeness (QED) is 0.119. The zero-order valence-corrected chi connectivity index (χ0v) is 38.6. The molecule has 0 radical (unpaired) electrons. The van der Waals surface area contributed by atoms with Crippen molar-refractivity contribution in [1.29, 1.82) is 0 Å². The topological polar surface area (TPSA) is 6.48 Å². The lowest BCUT2D eigenvalue weighted by molar-refractivity contribution is 1.23. The summed E-state index contributed by atoms with van der Waals surface area (Å²) in [7, 11) is 0. The minimum atomic E-state index is 1.03. The van der Waals surface area contributed by atoms with E-state index in [0.717, 1.165) is 73.1 Å². The van der Waals surface area contributed by atoms with E-state index < -0.39 is 0 Å². The molecule has 0 heterocycles. The van der Waals surface area contributed by atoms with Crippen molar-refractivity contribution >= 4 is 55.7 Å². The van der Waals surface area contributed by atoms with Gasteiger partial charge in [0.15, 0.2) is 0 Å². The maximum atomic E-state index is 2.50. The minimum absolute atomic E-state index is 1.03. The Labute approximate surface area is 410 Å². The SMILES string of the molecule is c1ccc(-c2ccc(N(c3ccc(-c4ccccc4)cc3)c3cc(-c4ccccc4)c(-c4ccccc4)cc3N(c3ccc(-c4ccccc4)cc3)c3cc4ccccc4c4ccccc34)cc2)cc1. The number of anilines is 6. The molecule has 70 heavy (non-hydrogen) atoms. The molecular formula is C68H48N2. The average Bonchev–Trinajstić information content (AvgIpc) is 3.45. The molecule has 330 valence electrons. The van der Waals surface area contributed by atoms with Crippen LogP contribution in [0.1, 0.15) is 0 Å². The minimum Gasteiger partial charge on any atom is -0.308 e. The molecule has 0 saturated heterocycles. The van der Waals surface area contributed by atoms with E-state index in [1.54, 1.807) is 0 Å². The first-order valence-corrected chi connectivity index (χ1v) is 24.0. The highest BCUT2D eigenvalue weighted by atomic mass is 15.2. The molecule has 0 saturated carbocycles. The van der Waals surface area contributed by atoms with Gasteiger partial charge in [-0.2, -0.15) is 0 Å². The molecule has 0 bridgehead atoms. The number of fused-ring (bicyclic) bond motifs is 3. The zero-order chi connectivity index (χ0) is 46.6. The Morgan fingerprint density at radius 2 is 0.486 bits per heavy atom. The largest absolute Gasteiger partial charge is 0.308 e. The fraction of sp³-hybridized carbons (Fsp3) is 0. The summed E-state index contributed by atoms with van der Waals surface area (Å²) < 4.78 is 0. The number of nitrogens with zero attached hydrogens (tertiary/aromatic N) is 2. The Morgan fingerprint density at radius 3 is 0.900 bits per heavy atom. The zero-order valence-electron chi connectivity index (χ0n) is 38.6. The molecule has 0 aromatic heterocycles. The lowest BCUT2D eigenvalue weighted by Gasteiger charge is -2.35. The van der Waals surface area contributed by atoms with Crippen LogP contribution in [0.5, 0.6) is 0 Å². The van der Waals surface area contributed by atoms with E-state index in [-0.39, 0.29) is 0 Å². The second kappa shape index (κ2) is 18.8. The van der Waals surface area contributed by atoms with Crippen molar-refractivity contribution < 1.29 is 0 Å². The lowest BCUT2D eigenvalue weighted by Crippen LogP contribution is -2.18. The molecule has 0 aliphatic rings. The van der Waals surface area contributed by atoms with Gasteiger partial charge in [-0.15, -0.1) is 0 Å². The number of benzene rings is 12. The molecule has 0 unspecified atom stereocenters. The van der Waals surface area contributed by atoms with Crippen molar-refractivity contribution in [1.82, 2.24) is 0 Å². The van der Waals surface area contributed by atoms with E-state index in [1.165, 1.54) is 38.2 Å². The van der Waals surface area contributed by atoms with E-state index in [2.05, 4.69) is 301 Å². The van der Waals surface area contributed by atoms with Crippen molar-refractivity contribution in [3.05, 3.63) is 291 Å². The molecule has 0 spiro atoms. The molecule has 2 nitrogen and oxygen atoms in total. The lowest BCUT2D eigenvalue weighted by atomic mass is 9.91. The summed E-state index contributed by atoms with van der Waals surface area (Å²) in [6.07, 6.45) is 0. The van der Waals surface area contributed by atoms with Crippen LogP contribution >= 0.6 is 0 Å². The first kappa shape index (κ1) is 42.1. The van der Waals surface area contributed by atoms with Crippen LogP contribution in [0.25, 0.3) is 77.2 Å². The fourth-order valence-corrected chi connectivity index (χ4v) is 10.0. The molecule has 2 heteroatoms. The van der Waals surface area contributed by atoms with Gasteiger partial charge in [0.2, 0.25) is 0 Å². The van der Waals surface area contributed by atoms with Crippen molar-refractivity contribution in [2.75, 3.05) is 9.80 Å². The van der Waals surface area contributed by atoms with Gasteiger partial charge in [-0.05, 0) is 126 Å². The highest BCUT2D eigenvalue weighted by molar-refractivity contribution is 6.15. The van der Waals surface area contributed by atoms with Gasteiger partial charge in [0, 0.05) is 22.4 Å². The van der Waals surface area contributed by atoms with E-state index >= 15 is 0 Å². The third kappa shape index (κ3) is 8.19. The van der Waals surface area contributed by atoms with Gasteiger partial charge in [0.05, 0.1) is 17.1 Å². The van der Waals surface area contributed by atoms with Crippen LogP contribution in [0, 0.1) is 0 Å². The Bertz CT molecular complexity index is 3620. The summed E-state index contributed by atoms with van der Waals surface area (Å²) in [6, 6.07) is 106. The molecule has 0 fully saturated rings. The van der Waals surface area contributed by atoms with Crippen molar-refractivity contribution in [3.8, 4) is 55.6 Å². The Morgan fingerprint density at radius 1 is 0.186 bits per heavy atom. The second-order valence-corrected chi connectivity index (χ2v) is 17.7. The maximum Gasteiger partial charge on any atom is 0.0709 e. The van der Waals surface area contributed by atoms with Gasteiger partial charge in [0.1, 0.15) is 0 Å². The Hall–Kier alpha value is -9.24. The first-order valence-electron chi connectivity index (χ1n) is 24.0. The predicted molar refractivity (Wildman–Crippen MR) is 298 cm³/mol. The highest BCUT2D eigenvalue weighted by Crippen LogP contribution is 2.52. The van der Waals surface area contributed by atoms with Gasteiger partial charge in [-0.3, -0.25) is 0 Å². The molecule has 0 aliphatic carbocycles. The monoisotopic (exact) mass is 892 g/mol. The maximum absolute atomic E-state index is 2.50. The van der Waals surface area contributed by atoms with Crippen LogP contribution in [0.15, 0.2) is 291 Å². The number of hydrogen-bond acceptors (Lipinski definition) is 2. The molecule has 12 aromatic rings. The highest BCUT2D eigenvalue weighted by Gasteiger charge is 2.27. The van der Waals surface area contributed by atoms with Gasteiger partial charge < -0.3 is 9.80 Å². The number of rotatable bonds is 11. The normalized spacial score (nSPS) is 11.1. The van der Waals surface area contributed by atoms with Crippen molar-refractivity contribution in [3.63, 3.8) is 0 Å². The van der Waals surface area contributed by atoms with Gasteiger partial charge in [-0.1, -0.05) is 237 Å². The van der Waals surface area contributed by atoms with Gasteiger partial charge in [-0.25, -0.2) is 0 Å². The van der Waals surface area contributed by atoms with E-state index in [0.29, 0.717) is 0 Å².